The second-order valence-electron chi connectivity index (χ2n) is 6.13. The zero-order valence-electron chi connectivity index (χ0n) is 15.4. The molecule has 0 aromatic heterocycles. The summed E-state index contributed by atoms with van der Waals surface area (Å²) < 4.78 is 32.6. The number of nitro groups is 1. The van der Waals surface area contributed by atoms with Crippen molar-refractivity contribution in [2.45, 2.75) is 18.2 Å². The maximum absolute atomic E-state index is 13.1. The van der Waals surface area contributed by atoms with Gasteiger partial charge in [-0.1, -0.05) is 6.92 Å². The lowest BCUT2D eigenvalue weighted by Crippen LogP contribution is -2.41. The van der Waals surface area contributed by atoms with Crippen molar-refractivity contribution in [3.8, 4) is 0 Å². The first-order valence-electron chi connectivity index (χ1n) is 8.61. The molecule has 1 saturated heterocycles. The van der Waals surface area contributed by atoms with Crippen LogP contribution in [0.3, 0.4) is 0 Å². The normalized spacial score (nSPS) is 15.3. The van der Waals surface area contributed by atoms with Gasteiger partial charge >= 0.3 is 0 Å². The molecular weight excluding hydrogens is 376 g/mol. The number of sulfonamides is 1. The first kappa shape index (κ1) is 21.1. The number of anilines is 1. The highest BCUT2D eigenvalue weighted by atomic mass is 32.2. The Morgan fingerprint density at radius 2 is 2.04 bits per heavy atom. The summed E-state index contributed by atoms with van der Waals surface area (Å²) in [5.41, 5.74) is -0.0897. The average molecular weight is 400 g/mol. The van der Waals surface area contributed by atoms with E-state index in [1.807, 2.05) is 6.92 Å². The standard InChI is InChI=1S/C16H24N4O6S/c1-3-6-17-16(21)12-18(2)14-5-4-13(20(22)23)11-15(14)27(24,25)19-7-9-26-10-8-19/h4-5,11H,3,6-10,12H2,1-2H3,(H,17,21). The van der Waals surface area contributed by atoms with Crippen LogP contribution in [0.2, 0.25) is 0 Å². The first-order valence-corrected chi connectivity index (χ1v) is 10.1. The Labute approximate surface area is 158 Å². The van der Waals surface area contributed by atoms with Crippen LogP contribution < -0.4 is 10.2 Å². The van der Waals surface area contributed by atoms with Gasteiger partial charge in [0.05, 0.1) is 30.4 Å². The molecule has 150 valence electrons. The van der Waals surface area contributed by atoms with Gasteiger partial charge in [0, 0.05) is 38.8 Å². The highest BCUT2D eigenvalue weighted by Crippen LogP contribution is 2.31. The summed E-state index contributed by atoms with van der Waals surface area (Å²) in [6, 6.07) is 3.63. The lowest BCUT2D eigenvalue weighted by atomic mass is 10.2. The second-order valence-corrected chi connectivity index (χ2v) is 8.04. The number of amides is 1. The maximum atomic E-state index is 13.1. The number of rotatable bonds is 8. The predicted octanol–water partition coefficient (Wildman–Crippen LogP) is 0.578. The molecule has 27 heavy (non-hydrogen) atoms. The molecular formula is C16H24N4O6S. The van der Waals surface area contributed by atoms with Crippen molar-refractivity contribution in [1.29, 1.82) is 0 Å². The van der Waals surface area contributed by atoms with Crippen molar-refractivity contribution in [2.75, 3.05) is 51.3 Å². The smallest absolute Gasteiger partial charge is 0.270 e. The number of ether oxygens (including phenoxy) is 1. The van der Waals surface area contributed by atoms with E-state index in [9.17, 15) is 23.3 Å². The Balaban J connectivity index is 2.39. The van der Waals surface area contributed by atoms with Crippen LogP contribution in [0.25, 0.3) is 0 Å². The molecule has 1 aromatic rings. The third-order valence-electron chi connectivity index (χ3n) is 4.11. The zero-order chi connectivity index (χ0) is 20.0. The molecule has 1 heterocycles. The van der Waals surface area contributed by atoms with Crippen molar-refractivity contribution in [2.24, 2.45) is 0 Å². The summed E-state index contributed by atoms with van der Waals surface area (Å²) >= 11 is 0. The summed E-state index contributed by atoms with van der Waals surface area (Å²) in [5, 5.41) is 13.9. The fourth-order valence-electron chi connectivity index (χ4n) is 2.69. The minimum atomic E-state index is -3.97. The van der Waals surface area contributed by atoms with Gasteiger partial charge in [0.15, 0.2) is 0 Å². The van der Waals surface area contributed by atoms with E-state index in [1.54, 1.807) is 7.05 Å². The van der Waals surface area contributed by atoms with Crippen molar-refractivity contribution in [1.82, 2.24) is 9.62 Å². The number of non-ortho nitro benzene ring substituents is 1. The first-order chi connectivity index (χ1) is 12.8. The van der Waals surface area contributed by atoms with E-state index in [0.717, 1.165) is 12.5 Å². The van der Waals surface area contributed by atoms with E-state index in [-0.39, 0.29) is 55.0 Å². The van der Waals surface area contributed by atoms with Crippen molar-refractivity contribution in [3.63, 3.8) is 0 Å². The van der Waals surface area contributed by atoms with Gasteiger partial charge in [-0.2, -0.15) is 4.31 Å². The summed E-state index contributed by atoms with van der Waals surface area (Å²) in [6.45, 7) is 3.25. The van der Waals surface area contributed by atoms with Crippen LogP contribution >= 0.6 is 0 Å². The van der Waals surface area contributed by atoms with Crippen LogP contribution in [0.15, 0.2) is 23.1 Å². The topological polar surface area (TPSA) is 122 Å². The molecule has 1 fully saturated rings. The van der Waals surface area contributed by atoms with Gasteiger partial charge in [0.1, 0.15) is 4.90 Å². The van der Waals surface area contributed by atoms with Crippen LogP contribution in [0.5, 0.6) is 0 Å². The highest BCUT2D eigenvalue weighted by molar-refractivity contribution is 7.89. The molecule has 10 nitrogen and oxygen atoms in total. The average Bonchev–Trinajstić information content (AvgIpc) is 2.66. The number of morpholine rings is 1. The Hall–Kier alpha value is -2.24. The lowest BCUT2D eigenvalue weighted by Gasteiger charge is -2.28. The molecule has 1 aliphatic rings. The minimum absolute atomic E-state index is 0.0660. The molecule has 11 heteroatoms. The molecule has 0 aliphatic carbocycles. The molecule has 0 radical (unpaired) electrons. The van der Waals surface area contributed by atoms with Gasteiger partial charge in [-0.15, -0.1) is 0 Å². The van der Waals surface area contributed by atoms with E-state index >= 15 is 0 Å². The predicted molar refractivity (Wildman–Crippen MR) is 99.2 cm³/mol. The number of benzene rings is 1. The summed E-state index contributed by atoms with van der Waals surface area (Å²) in [7, 11) is -2.40. The molecule has 1 N–H and O–H groups in total. The molecule has 0 saturated carbocycles. The molecule has 2 rings (SSSR count). The quantitative estimate of drug-likeness (QED) is 0.500. The monoisotopic (exact) mass is 400 g/mol. The molecule has 0 spiro atoms. The van der Waals surface area contributed by atoms with Crippen LogP contribution in [0.1, 0.15) is 13.3 Å². The van der Waals surface area contributed by atoms with E-state index in [1.165, 1.54) is 21.3 Å². The Morgan fingerprint density at radius 3 is 2.63 bits per heavy atom. The van der Waals surface area contributed by atoms with E-state index in [4.69, 9.17) is 4.74 Å². The molecule has 0 unspecified atom stereocenters. The number of carbonyl (C=O) groups is 1. The number of nitrogens with one attached hydrogen (secondary N) is 1. The zero-order valence-corrected chi connectivity index (χ0v) is 16.2. The van der Waals surface area contributed by atoms with E-state index < -0.39 is 14.9 Å². The van der Waals surface area contributed by atoms with Crippen molar-refractivity contribution >= 4 is 27.3 Å². The van der Waals surface area contributed by atoms with E-state index in [0.29, 0.717) is 6.54 Å². The third-order valence-corrected chi connectivity index (χ3v) is 6.03. The third kappa shape index (κ3) is 5.15. The second kappa shape index (κ2) is 9.11. The highest BCUT2D eigenvalue weighted by Gasteiger charge is 2.31. The van der Waals surface area contributed by atoms with Crippen molar-refractivity contribution < 1.29 is 22.9 Å². The molecule has 1 aromatic carbocycles. The van der Waals surface area contributed by atoms with Crippen LogP contribution in [0.4, 0.5) is 11.4 Å². The largest absolute Gasteiger partial charge is 0.379 e. The Morgan fingerprint density at radius 1 is 1.37 bits per heavy atom. The van der Waals surface area contributed by atoms with Gasteiger partial charge < -0.3 is 15.0 Å². The summed E-state index contributed by atoms with van der Waals surface area (Å²) in [6.07, 6.45) is 0.781. The lowest BCUT2D eigenvalue weighted by molar-refractivity contribution is -0.385. The van der Waals surface area contributed by atoms with Gasteiger partial charge in [-0.05, 0) is 12.5 Å². The number of carbonyl (C=O) groups excluding carboxylic acids is 1. The molecule has 0 atom stereocenters. The minimum Gasteiger partial charge on any atom is -0.379 e. The molecule has 1 aliphatic heterocycles. The van der Waals surface area contributed by atoms with Gasteiger partial charge in [0.2, 0.25) is 15.9 Å². The van der Waals surface area contributed by atoms with Gasteiger partial charge in [-0.3, -0.25) is 14.9 Å². The summed E-state index contributed by atoms with van der Waals surface area (Å²) in [4.78, 5) is 23.8. The summed E-state index contributed by atoms with van der Waals surface area (Å²) in [5.74, 6) is -0.257. The van der Waals surface area contributed by atoms with Crippen molar-refractivity contribution in [3.05, 3.63) is 28.3 Å². The Kier molecular flexibility index (Phi) is 7.11. The number of nitrogens with zero attached hydrogens (tertiary/aromatic N) is 3. The fourth-order valence-corrected chi connectivity index (χ4v) is 4.35. The number of nitro benzene ring substituents is 1. The van der Waals surface area contributed by atoms with Gasteiger partial charge in [-0.25, -0.2) is 8.42 Å². The maximum Gasteiger partial charge on any atom is 0.270 e. The van der Waals surface area contributed by atoms with Crippen LogP contribution in [-0.2, 0) is 19.6 Å². The fraction of sp³-hybridized carbons (Fsp3) is 0.562. The Bertz CT molecular complexity index is 792. The SMILES string of the molecule is CCCNC(=O)CN(C)c1ccc([N+](=O)[O-])cc1S(=O)(=O)N1CCOCC1. The van der Waals surface area contributed by atoms with Crippen LogP contribution in [0, 0.1) is 10.1 Å². The van der Waals surface area contributed by atoms with Gasteiger partial charge in [0.25, 0.3) is 5.69 Å². The number of hydrogen-bond acceptors (Lipinski definition) is 7. The number of hydrogen-bond donors (Lipinski definition) is 1. The molecule has 1 amide bonds. The van der Waals surface area contributed by atoms with Crippen LogP contribution in [-0.4, -0.2) is 70.0 Å². The molecule has 0 bridgehead atoms. The number of likely N-dealkylation sites (N-methyl/N-ethyl adjacent to an activating group) is 1. The van der Waals surface area contributed by atoms with E-state index in [2.05, 4.69) is 5.32 Å².